The van der Waals surface area contributed by atoms with E-state index in [1.165, 1.54) is 25.3 Å². The Labute approximate surface area is 133 Å². The summed E-state index contributed by atoms with van der Waals surface area (Å²) in [5.74, 6) is -1.57. The summed E-state index contributed by atoms with van der Waals surface area (Å²) in [5, 5.41) is 2.60. The number of rotatable bonds is 4. The molecule has 0 radical (unpaired) electrons. The summed E-state index contributed by atoms with van der Waals surface area (Å²) in [7, 11) is 4.69. The second-order valence-electron chi connectivity index (χ2n) is 5.05. The largest absolute Gasteiger partial charge is 0.465 e. The van der Waals surface area contributed by atoms with E-state index in [0.717, 1.165) is 6.07 Å². The van der Waals surface area contributed by atoms with E-state index in [-0.39, 0.29) is 11.1 Å². The van der Waals surface area contributed by atoms with Crippen LogP contribution in [0.15, 0.2) is 42.5 Å². The Hall–Kier alpha value is -2.89. The van der Waals surface area contributed by atoms with Crippen molar-refractivity contribution in [3.63, 3.8) is 0 Å². The van der Waals surface area contributed by atoms with Gasteiger partial charge in [-0.1, -0.05) is 12.1 Å². The Morgan fingerprint density at radius 3 is 2.43 bits per heavy atom. The molecule has 0 heterocycles. The van der Waals surface area contributed by atoms with Gasteiger partial charge in [-0.2, -0.15) is 0 Å². The lowest BCUT2D eigenvalue weighted by Crippen LogP contribution is -2.16. The van der Waals surface area contributed by atoms with Crippen molar-refractivity contribution in [1.82, 2.24) is 0 Å². The molecule has 0 saturated carbocycles. The molecule has 0 aromatic heterocycles. The first-order valence-electron chi connectivity index (χ1n) is 6.89. The normalized spacial score (nSPS) is 10.1. The smallest absolute Gasteiger partial charge is 0.339 e. The quantitative estimate of drug-likeness (QED) is 0.881. The van der Waals surface area contributed by atoms with Crippen molar-refractivity contribution < 1.29 is 18.7 Å². The summed E-state index contributed by atoms with van der Waals surface area (Å²) in [4.78, 5) is 25.6. The second kappa shape index (κ2) is 6.91. The number of hydrogen-bond acceptors (Lipinski definition) is 4. The maximum Gasteiger partial charge on any atom is 0.339 e. The molecule has 2 rings (SSSR count). The lowest BCUT2D eigenvalue weighted by molar-refractivity contribution is 0.0602. The SMILES string of the molecule is COC(=O)c1ccccc1NC(=O)c1ccc(N(C)C)c(F)c1. The molecule has 23 heavy (non-hydrogen) atoms. The number of amides is 1. The first-order chi connectivity index (χ1) is 10.9. The molecule has 1 N–H and O–H groups in total. The van der Waals surface area contributed by atoms with Crippen molar-refractivity contribution in [2.24, 2.45) is 0 Å². The maximum absolute atomic E-state index is 14.0. The third kappa shape index (κ3) is 3.66. The van der Waals surface area contributed by atoms with Crippen LogP contribution in [-0.2, 0) is 4.74 Å². The van der Waals surface area contributed by atoms with E-state index < -0.39 is 17.7 Å². The topological polar surface area (TPSA) is 58.6 Å². The molecule has 5 nitrogen and oxygen atoms in total. The fourth-order valence-corrected chi connectivity index (χ4v) is 2.09. The third-order valence-corrected chi connectivity index (χ3v) is 3.27. The van der Waals surface area contributed by atoms with Crippen LogP contribution in [0.5, 0.6) is 0 Å². The molecule has 0 unspecified atom stereocenters. The number of anilines is 2. The van der Waals surface area contributed by atoms with Gasteiger partial charge in [0, 0.05) is 19.7 Å². The monoisotopic (exact) mass is 316 g/mol. The number of esters is 1. The second-order valence-corrected chi connectivity index (χ2v) is 5.05. The Balaban J connectivity index is 2.27. The van der Waals surface area contributed by atoms with Gasteiger partial charge in [0.05, 0.1) is 24.0 Å². The van der Waals surface area contributed by atoms with Gasteiger partial charge in [0.1, 0.15) is 5.82 Å². The molecule has 0 atom stereocenters. The molecule has 2 aromatic carbocycles. The van der Waals surface area contributed by atoms with Crippen molar-refractivity contribution in [2.75, 3.05) is 31.4 Å². The van der Waals surface area contributed by atoms with Crippen LogP contribution in [0.1, 0.15) is 20.7 Å². The summed E-state index contributed by atoms with van der Waals surface area (Å²) < 4.78 is 18.6. The minimum absolute atomic E-state index is 0.160. The van der Waals surface area contributed by atoms with Crippen LogP contribution >= 0.6 is 0 Å². The van der Waals surface area contributed by atoms with Crippen molar-refractivity contribution in [3.05, 3.63) is 59.4 Å². The number of carbonyl (C=O) groups excluding carboxylic acids is 2. The highest BCUT2D eigenvalue weighted by molar-refractivity contribution is 6.08. The maximum atomic E-state index is 14.0. The summed E-state index contributed by atoms with van der Waals surface area (Å²) >= 11 is 0. The molecule has 6 heteroatoms. The molecule has 0 bridgehead atoms. The van der Waals surface area contributed by atoms with Crippen molar-refractivity contribution in [2.45, 2.75) is 0 Å². The lowest BCUT2D eigenvalue weighted by Gasteiger charge is -2.14. The fourth-order valence-electron chi connectivity index (χ4n) is 2.09. The minimum Gasteiger partial charge on any atom is -0.465 e. The Morgan fingerprint density at radius 2 is 1.83 bits per heavy atom. The predicted molar refractivity (Wildman–Crippen MR) is 86.5 cm³/mol. The van der Waals surface area contributed by atoms with Gasteiger partial charge in [-0.25, -0.2) is 9.18 Å². The number of nitrogens with zero attached hydrogens (tertiary/aromatic N) is 1. The molecule has 0 fully saturated rings. The number of nitrogens with one attached hydrogen (secondary N) is 1. The first-order valence-corrected chi connectivity index (χ1v) is 6.89. The van der Waals surface area contributed by atoms with E-state index in [0.29, 0.717) is 11.4 Å². The van der Waals surface area contributed by atoms with Crippen LogP contribution in [0.4, 0.5) is 15.8 Å². The highest BCUT2D eigenvalue weighted by Crippen LogP contribution is 2.21. The number of hydrogen-bond donors (Lipinski definition) is 1. The zero-order valence-corrected chi connectivity index (χ0v) is 13.1. The zero-order chi connectivity index (χ0) is 17.0. The summed E-state index contributed by atoms with van der Waals surface area (Å²) in [6.45, 7) is 0. The van der Waals surface area contributed by atoms with Crippen molar-refractivity contribution in [3.8, 4) is 0 Å². The summed E-state index contributed by atoms with van der Waals surface area (Å²) in [5.41, 5.74) is 1.08. The van der Waals surface area contributed by atoms with E-state index in [4.69, 9.17) is 0 Å². The zero-order valence-electron chi connectivity index (χ0n) is 13.1. The highest BCUT2D eigenvalue weighted by Gasteiger charge is 2.15. The molecular formula is C17H17FN2O3. The average molecular weight is 316 g/mol. The van der Waals surface area contributed by atoms with E-state index in [1.54, 1.807) is 37.2 Å². The van der Waals surface area contributed by atoms with E-state index >= 15 is 0 Å². The fraction of sp³-hybridized carbons (Fsp3) is 0.176. The molecule has 0 saturated heterocycles. The van der Waals surface area contributed by atoms with Crippen molar-refractivity contribution >= 4 is 23.3 Å². The van der Waals surface area contributed by atoms with E-state index in [9.17, 15) is 14.0 Å². The lowest BCUT2D eigenvalue weighted by atomic mass is 10.1. The number of methoxy groups -OCH3 is 1. The number of halogens is 1. The molecular weight excluding hydrogens is 299 g/mol. The molecule has 2 aromatic rings. The van der Waals surface area contributed by atoms with Gasteiger partial charge in [0.2, 0.25) is 0 Å². The number of carbonyl (C=O) groups is 2. The first kappa shape index (κ1) is 16.5. The van der Waals surface area contributed by atoms with Crippen LogP contribution in [0.3, 0.4) is 0 Å². The Kier molecular flexibility index (Phi) is 4.95. The van der Waals surface area contributed by atoms with Crippen LogP contribution in [0.25, 0.3) is 0 Å². The van der Waals surface area contributed by atoms with Gasteiger partial charge in [-0.15, -0.1) is 0 Å². The van der Waals surface area contributed by atoms with Gasteiger partial charge in [-0.3, -0.25) is 4.79 Å². The molecule has 1 amide bonds. The number of benzene rings is 2. The van der Waals surface area contributed by atoms with Crippen molar-refractivity contribution in [1.29, 1.82) is 0 Å². The molecule has 0 aliphatic carbocycles. The summed E-state index contributed by atoms with van der Waals surface area (Å²) in [6, 6.07) is 10.7. The van der Waals surface area contributed by atoms with Crippen LogP contribution in [0.2, 0.25) is 0 Å². The molecule has 0 aliphatic rings. The van der Waals surface area contributed by atoms with Gasteiger partial charge in [0.15, 0.2) is 0 Å². The van der Waals surface area contributed by atoms with Gasteiger partial charge >= 0.3 is 5.97 Å². The molecule has 0 spiro atoms. The van der Waals surface area contributed by atoms with E-state index in [1.807, 2.05) is 0 Å². The standard InChI is InChI=1S/C17H17FN2O3/c1-20(2)15-9-8-11(10-13(15)18)16(21)19-14-7-5-4-6-12(14)17(22)23-3/h4-10H,1-3H3,(H,19,21). The number of ether oxygens (including phenoxy) is 1. The van der Waals surface area contributed by atoms with Gasteiger partial charge in [0.25, 0.3) is 5.91 Å². The van der Waals surface area contributed by atoms with Crippen LogP contribution in [-0.4, -0.2) is 33.1 Å². The highest BCUT2D eigenvalue weighted by atomic mass is 19.1. The molecule has 0 aliphatic heterocycles. The van der Waals surface area contributed by atoms with Crippen LogP contribution < -0.4 is 10.2 Å². The average Bonchev–Trinajstić information content (AvgIpc) is 2.54. The summed E-state index contributed by atoms with van der Waals surface area (Å²) in [6.07, 6.45) is 0. The van der Waals surface area contributed by atoms with Gasteiger partial charge < -0.3 is 15.0 Å². The third-order valence-electron chi connectivity index (χ3n) is 3.27. The van der Waals surface area contributed by atoms with Crippen LogP contribution in [0, 0.1) is 5.82 Å². The predicted octanol–water partition coefficient (Wildman–Crippen LogP) is 2.93. The van der Waals surface area contributed by atoms with E-state index in [2.05, 4.69) is 10.1 Å². The number of para-hydroxylation sites is 1. The Bertz CT molecular complexity index is 744. The Morgan fingerprint density at radius 1 is 1.13 bits per heavy atom. The minimum atomic E-state index is -0.560. The molecule has 120 valence electrons. The van der Waals surface area contributed by atoms with Gasteiger partial charge in [-0.05, 0) is 30.3 Å².